The molecule has 0 unspecified atom stereocenters. The molecular formula is C28H26N2O6S. The van der Waals surface area contributed by atoms with E-state index in [1.807, 2.05) is 42.5 Å². The monoisotopic (exact) mass is 518 g/mol. The van der Waals surface area contributed by atoms with Gasteiger partial charge in [-0.2, -0.15) is 0 Å². The van der Waals surface area contributed by atoms with Gasteiger partial charge in [-0.3, -0.25) is 9.36 Å². The maximum absolute atomic E-state index is 13.6. The van der Waals surface area contributed by atoms with Crippen molar-refractivity contribution in [1.82, 2.24) is 9.55 Å². The molecule has 1 aliphatic rings. The number of methoxy groups -OCH3 is 1. The maximum Gasteiger partial charge on any atom is 0.338 e. The van der Waals surface area contributed by atoms with Crippen LogP contribution in [0.2, 0.25) is 0 Å². The van der Waals surface area contributed by atoms with Crippen LogP contribution in [-0.4, -0.2) is 36.0 Å². The smallest absolute Gasteiger partial charge is 0.338 e. The van der Waals surface area contributed by atoms with Gasteiger partial charge in [0.2, 0.25) is 0 Å². The number of thioether (sulfide) groups is 1. The zero-order chi connectivity index (χ0) is 25.8. The number of ether oxygens (including phenoxy) is 4. The number of benzene rings is 3. The van der Waals surface area contributed by atoms with E-state index >= 15 is 0 Å². The van der Waals surface area contributed by atoms with Crippen molar-refractivity contribution in [3.8, 4) is 11.5 Å². The molecule has 0 saturated carbocycles. The van der Waals surface area contributed by atoms with E-state index < -0.39 is 5.97 Å². The maximum atomic E-state index is 13.6. The Morgan fingerprint density at radius 1 is 1.11 bits per heavy atom. The Balaban J connectivity index is 1.55. The van der Waals surface area contributed by atoms with Gasteiger partial charge in [0.1, 0.15) is 11.5 Å². The third kappa shape index (κ3) is 5.19. The summed E-state index contributed by atoms with van der Waals surface area (Å²) in [6.45, 7) is 2.83. The standard InChI is InChI=1S/C28H26N2O6S/c1-3-35-27(32)19-12-20-15-34-17-36-25(20)21(13-19)16-37-28-29-23-10-6-5-9-22(23)26(31)30(28)14-18-8-4-7-11-24(18)33-2/h4-13H,3,14-17H2,1-2H3. The molecule has 0 aliphatic carbocycles. The predicted octanol–water partition coefficient (Wildman–Crippen LogP) is 4.79. The molecule has 0 N–H and O–H groups in total. The minimum Gasteiger partial charge on any atom is -0.496 e. The first kappa shape index (κ1) is 24.9. The fourth-order valence-electron chi connectivity index (χ4n) is 4.28. The lowest BCUT2D eigenvalue weighted by atomic mass is 10.0. The molecule has 1 aromatic heterocycles. The van der Waals surface area contributed by atoms with Gasteiger partial charge in [0.25, 0.3) is 5.56 Å². The molecule has 0 atom stereocenters. The summed E-state index contributed by atoms with van der Waals surface area (Å²) in [6.07, 6.45) is 0. The van der Waals surface area contributed by atoms with Gasteiger partial charge in [-0.1, -0.05) is 42.1 Å². The molecule has 3 aromatic carbocycles. The van der Waals surface area contributed by atoms with E-state index in [2.05, 4.69) is 0 Å². The predicted molar refractivity (Wildman–Crippen MR) is 140 cm³/mol. The number of aromatic nitrogens is 2. The Morgan fingerprint density at radius 2 is 1.92 bits per heavy atom. The number of fused-ring (bicyclic) bond motifs is 2. The first-order valence-corrected chi connectivity index (χ1v) is 12.8. The van der Waals surface area contributed by atoms with Crippen LogP contribution in [0.15, 0.2) is 70.6 Å². The van der Waals surface area contributed by atoms with Gasteiger partial charge in [0.15, 0.2) is 11.9 Å². The number of carbonyl (C=O) groups is 1. The third-order valence-corrected chi connectivity index (χ3v) is 7.03. The SMILES string of the molecule is CCOC(=O)c1cc2c(c(CSc3nc4ccccc4c(=O)n3Cc3ccccc3OC)c1)OCOC2. The summed E-state index contributed by atoms with van der Waals surface area (Å²) in [5.74, 6) is 1.40. The van der Waals surface area contributed by atoms with Crippen LogP contribution in [0.3, 0.4) is 0 Å². The number of esters is 1. The van der Waals surface area contributed by atoms with Crippen molar-refractivity contribution in [3.05, 3.63) is 93.3 Å². The van der Waals surface area contributed by atoms with Crippen LogP contribution >= 0.6 is 11.8 Å². The molecule has 4 aromatic rings. The lowest BCUT2D eigenvalue weighted by molar-refractivity contribution is -0.0169. The van der Waals surface area contributed by atoms with Gasteiger partial charge in [0, 0.05) is 22.4 Å². The van der Waals surface area contributed by atoms with Crippen molar-refractivity contribution >= 4 is 28.6 Å². The second-order valence-electron chi connectivity index (χ2n) is 8.36. The van der Waals surface area contributed by atoms with Crippen LogP contribution in [0, 0.1) is 0 Å². The van der Waals surface area contributed by atoms with Crippen LogP contribution in [0.4, 0.5) is 0 Å². The average Bonchev–Trinajstić information content (AvgIpc) is 2.93. The molecule has 0 saturated heterocycles. The molecule has 0 radical (unpaired) electrons. The highest BCUT2D eigenvalue weighted by Crippen LogP contribution is 2.34. The lowest BCUT2D eigenvalue weighted by Gasteiger charge is -2.22. The molecule has 0 amide bonds. The molecule has 9 heteroatoms. The average molecular weight is 519 g/mol. The molecular weight excluding hydrogens is 492 g/mol. The highest BCUT2D eigenvalue weighted by molar-refractivity contribution is 7.98. The Bertz CT molecular complexity index is 1520. The summed E-state index contributed by atoms with van der Waals surface area (Å²) in [5.41, 5.74) is 3.38. The van der Waals surface area contributed by atoms with Crippen molar-refractivity contribution in [2.45, 2.75) is 31.0 Å². The minimum atomic E-state index is -0.404. The van der Waals surface area contributed by atoms with Crippen molar-refractivity contribution < 1.29 is 23.7 Å². The molecule has 0 spiro atoms. The van der Waals surface area contributed by atoms with Gasteiger partial charge in [-0.25, -0.2) is 9.78 Å². The normalized spacial score (nSPS) is 12.6. The Morgan fingerprint density at radius 3 is 2.76 bits per heavy atom. The van der Waals surface area contributed by atoms with Crippen molar-refractivity contribution in [2.75, 3.05) is 20.5 Å². The molecule has 1 aliphatic heterocycles. The van der Waals surface area contributed by atoms with Gasteiger partial charge >= 0.3 is 5.97 Å². The van der Waals surface area contributed by atoms with Crippen molar-refractivity contribution in [2.24, 2.45) is 0 Å². The topological polar surface area (TPSA) is 88.9 Å². The highest BCUT2D eigenvalue weighted by Gasteiger charge is 2.21. The molecule has 0 bridgehead atoms. The van der Waals surface area contributed by atoms with Crippen molar-refractivity contribution in [3.63, 3.8) is 0 Å². The number of hydrogen-bond acceptors (Lipinski definition) is 8. The third-order valence-electron chi connectivity index (χ3n) is 6.00. The van der Waals surface area contributed by atoms with E-state index in [1.54, 1.807) is 36.8 Å². The fraction of sp³-hybridized carbons (Fsp3) is 0.250. The number of para-hydroxylation sites is 2. The van der Waals surface area contributed by atoms with E-state index in [1.165, 1.54) is 11.8 Å². The Kier molecular flexibility index (Phi) is 7.43. The molecule has 37 heavy (non-hydrogen) atoms. The first-order valence-electron chi connectivity index (χ1n) is 11.9. The summed E-state index contributed by atoms with van der Waals surface area (Å²) in [6, 6.07) is 18.4. The largest absolute Gasteiger partial charge is 0.496 e. The number of hydrogen-bond donors (Lipinski definition) is 0. The number of rotatable bonds is 8. The van der Waals surface area contributed by atoms with E-state index in [0.717, 1.165) is 16.7 Å². The van der Waals surface area contributed by atoms with Gasteiger partial charge in [-0.05, 0) is 37.3 Å². The molecule has 2 heterocycles. The molecule has 0 fully saturated rings. The van der Waals surface area contributed by atoms with E-state index in [9.17, 15) is 9.59 Å². The fourth-order valence-corrected chi connectivity index (χ4v) is 5.25. The van der Waals surface area contributed by atoms with Crippen LogP contribution < -0.4 is 15.0 Å². The summed E-state index contributed by atoms with van der Waals surface area (Å²) < 4.78 is 23.6. The van der Waals surface area contributed by atoms with Crippen LogP contribution in [0.5, 0.6) is 11.5 Å². The van der Waals surface area contributed by atoms with E-state index in [4.69, 9.17) is 23.9 Å². The molecule has 8 nitrogen and oxygen atoms in total. The van der Waals surface area contributed by atoms with E-state index in [-0.39, 0.29) is 19.0 Å². The van der Waals surface area contributed by atoms with Gasteiger partial charge in [0.05, 0.1) is 43.3 Å². The number of nitrogens with zero attached hydrogens (tertiary/aromatic N) is 2. The highest BCUT2D eigenvalue weighted by atomic mass is 32.2. The second-order valence-corrected chi connectivity index (χ2v) is 9.30. The molecule has 5 rings (SSSR count). The second kappa shape index (κ2) is 11.1. The van der Waals surface area contributed by atoms with Crippen LogP contribution in [-0.2, 0) is 28.4 Å². The number of carbonyl (C=O) groups excluding carboxylic acids is 1. The quantitative estimate of drug-likeness (QED) is 0.187. The minimum absolute atomic E-state index is 0.133. The zero-order valence-corrected chi connectivity index (χ0v) is 21.4. The van der Waals surface area contributed by atoms with Gasteiger partial charge in [-0.15, -0.1) is 0 Å². The van der Waals surface area contributed by atoms with Crippen LogP contribution in [0.25, 0.3) is 10.9 Å². The van der Waals surface area contributed by atoms with Crippen molar-refractivity contribution in [1.29, 1.82) is 0 Å². The summed E-state index contributed by atoms with van der Waals surface area (Å²) in [7, 11) is 1.61. The summed E-state index contributed by atoms with van der Waals surface area (Å²) >= 11 is 1.41. The molecule has 190 valence electrons. The summed E-state index contributed by atoms with van der Waals surface area (Å²) in [4.78, 5) is 30.9. The zero-order valence-electron chi connectivity index (χ0n) is 20.6. The van der Waals surface area contributed by atoms with E-state index in [0.29, 0.717) is 52.0 Å². The lowest BCUT2D eigenvalue weighted by Crippen LogP contribution is -2.24. The summed E-state index contributed by atoms with van der Waals surface area (Å²) in [5, 5.41) is 1.10. The first-order chi connectivity index (χ1) is 18.1. The van der Waals surface area contributed by atoms with Gasteiger partial charge < -0.3 is 18.9 Å². The van der Waals surface area contributed by atoms with Crippen LogP contribution in [0.1, 0.15) is 34.0 Å². The Hall–Kier alpha value is -3.82. The Labute approximate surface area is 218 Å².